The average molecular weight is 500 g/mol. The lowest BCUT2D eigenvalue weighted by Gasteiger charge is -2.17. The molecule has 0 aliphatic carbocycles. The number of aromatic hydroxyl groups is 1. The van der Waals surface area contributed by atoms with E-state index >= 15 is 0 Å². The van der Waals surface area contributed by atoms with Crippen LogP contribution >= 0.6 is 34.7 Å². The second kappa shape index (κ2) is 7.99. The summed E-state index contributed by atoms with van der Waals surface area (Å²) in [7, 11) is 0. The van der Waals surface area contributed by atoms with Crippen LogP contribution in [0, 0.1) is 6.92 Å². The van der Waals surface area contributed by atoms with Gasteiger partial charge in [0.25, 0.3) is 5.91 Å². The second-order valence-electron chi connectivity index (χ2n) is 6.20. The molecule has 0 aliphatic rings. The highest BCUT2D eigenvalue weighted by Crippen LogP contribution is 2.49. The Morgan fingerprint density at radius 1 is 1.19 bits per heavy atom. The Morgan fingerprint density at radius 2 is 1.84 bits per heavy atom. The van der Waals surface area contributed by atoms with E-state index in [2.05, 4.69) is 0 Å². The number of rotatable bonds is 4. The molecule has 3 aromatic rings. The zero-order valence-electron chi connectivity index (χ0n) is 15.5. The number of nitrogens with zero attached hydrogens (tertiary/aromatic N) is 1. The summed E-state index contributed by atoms with van der Waals surface area (Å²) >= 11 is 5.66. The second-order valence-corrected chi connectivity index (χ2v) is 9.11. The average Bonchev–Trinajstić information content (AvgIpc) is 3.18. The van der Waals surface area contributed by atoms with Gasteiger partial charge in [0.2, 0.25) is 0 Å². The van der Waals surface area contributed by atoms with E-state index in [1.807, 2.05) is 0 Å². The van der Waals surface area contributed by atoms with Crippen molar-refractivity contribution in [2.45, 2.75) is 29.5 Å². The number of fused-ring (bicyclic) bond motifs is 1. The third-order valence-electron chi connectivity index (χ3n) is 4.01. The molecule has 1 N–H and O–H groups in total. The maximum Gasteiger partial charge on any atom is 0.464 e. The summed E-state index contributed by atoms with van der Waals surface area (Å²) in [5.41, 5.74) is 0.282. The molecule has 1 aromatic carbocycles. The van der Waals surface area contributed by atoms with E-state index in [9.17, 15) is 36.6 Å². The molecular weight excluding hydrogens is 489 g/mol. The lowest BCUT2D eigenvalue weighted by Crippen LogP contribution is -2.32. The van der Waals surface area contributed by atoms with Gasteiger partial charge in [0, 0.05) is 12.3 Å². The number of halogens is 6. The number of esters is 1. The normalized spacial score (nSPS) is 12.4. The Hall–Kier alpha value is -2.31. The van der Waals surface area contributed by atoms with E-state index in [-0.39, 0.29) is 38.0 Å². The first-order chi connectivity index (χ1) is 14.2. The smallest absolute Gasteiger partial charge is 0.464 e. The fourth-order valence-corrected chi connectivity index (χ4v) is 4.79. The summed E-state index contributed by atoms with van der Waals surface area (Å²) in [6.07, 6.45) is -5.75. The van der Waals surface area contributed by atoms with Crippen LogP contribution in [0.25, 0.3) is 10.9 Å². The Kier molecular flexibility index (Phi) is 6.02. The first kappa shape index (κ1) is 23.4. The van der Waals surface area contributed by atoms with Gasteiger partial charge >= 0.3 is 17.4 Å². The van der Waals surface area contributed by atoms with Gasteiger partial charge in [0.15, 0.2) is 5.75 Å². The van der Waals surface area contributed by atoms with Crippen LogP contribution in [0.15, 0.2) is 28.5 Å². The van der Waals surface area contributed by atoms with Crippen LogP contribution in [-0.2, 0) is 4.79 Å². The predicted octanol–water partition coefficient (Wildman–Crippen LogP) is 6.23. The monoisotopic (exact) mass is 499 g/mol. The molecule has 3 rings (SSSR count). The van der Waals surface area contributed by atoms with Crippen molar-refractivity contribution >= 4 is 57.5 Å². The summed E-state index contributed by atoms with van der Waals surface area (Å²) in [4.78, 5) is 24.4. The number of hydrogen-bond donors (Lipinski definition) is 1. The highest BCUT2D eigenvalue weighted by atomic mass is 35.5. The molecule has 0 saturated carbocycles. The zero-order chi connectivity index (χ0) is 23.3. The van der Waals surface area contributed by atoms with Crippen molar-refractivity contribution in [2.75, 3.05) is 0 Å². The number of phenolic OH excluding ortho intramolecular Hbond substituents is 1. The number of phenols is 1. The topological polar surface area (TPSA) is 68.5 Å². The maximum absolute atomic E-state index is 13.3. The largest absolute Gasteiger partial charge is 0.506 e. The van der Waals surface area contributed by atoms with Crippen LogP contribution in [0.1, 0.15) is 22.3 Å². The fourth-order valence-electron chi connectivity index (χ4n) is 2.71. The van der Waals surface area contributed by atoms with E-state index < -0.39 is 39.3 Å². The standard InChI is InChI=1S/C18H11ClF5NO4S2/c1-7-15(29-8(2)26)9-5-12(27)10(19)6-11(9)25(7)16(28)13-3-4-14(30-13)31-18(23,24)17(20,21)22/h3-6,27H,1-2H3. The third-order valence-corrected chi connectivity index (χ3v) is 6.51. The van der Waals surface area contributed by atoms with Crippen LogP contribution in [0.2, 0.25) is 5.02 Å². The van der Waals surface area contributed by atoms with Crippen molar-refractivity contribution in [3.63, 3.8) is 0 Å². The zero-order valence-corrected chi connectivity index (χ0v) is 17.9. The van der Waals surface area contributed by atoms with Crippen molar-refractivity contribution in [1.82, 2.24) is 4.57 Å². The van der Waals surface area contributed by atoms with Gasteiger partial charge in [-0.05, 0) is 43.0 Å². The SMILES string of the molecule is CC(=O)Oc1c(C)n(C(=O)c2ccc(SC(F)(F)C(F)(F)F)s2)c2cc(Cl)c(O)cc12. The van der Waals surface area contributed by atoms with Crippen LogP contribution in [0.3, 0.4) is 0 Å². The van der Waals surface area contributed by atoms with Crippen molar-refractivity contribution < 1.29 is 41.4 Å². The van der Waals surface area contributed by atoms with Crippen molar-refractivity contribution in [2.24, 2.45) is 0 Å². The number of ether oxygens (including phenoxy) is 1. The van der Waals surface area contributed by atoms with E-state index in [1.165, 1.54) is 19.1 Å². The lowest BCUT2D eigenvalue weighted by molar-refractivity contribution is -0.237. The quantitative estimate of drug-likeness (QED) is 0.262. The van der Waals surface area contributed by atoms with E-state index in [1.54, 1.807) is 0 Å². The van der Waals surface area contributed by atoms with E-state index in [0.29, 0.717) is 11.3 Å². The lowest BCUT2D eigenvalue weighted by atomic mass is 10.2. The predicted molar refractivity (Wildman–Crippen MR) is 106 cm³/mol. The van der Waals surface area contributed by atoms with Crippen LogP contribution in [0.5, 0.6) is 11.5 Å². The Labute approximate surface area is 184 Å². The molecule has 5 nitrogen and oxygen atoms in total. The van der Waals surface area contributed by atoms with Crippen LogP contribution in [-0.4, -0.2) is 33.0 Å². The van der Waals surface area contributed by atoms with Gasteiger partial charge in [0.05, 0.1) is 25.3 Å². The molecule has 2 aromatic heterocycles. The first-order valence-corrected chi connectivity index (χ1v) is 10.2. The summed E-state index contributed by atoms with van der Waals surface area (Å²) in [5, 5.41) is 4.92. The molecule has 166 valence electrons. The Morgan fingerprint density at radius 3 is 2.42 bits per heavy atom. The number of benzene rings is 1. The number of thiophene rings is 1. The van der Waals surface area contributed by atoms with Gasteiger partial charge in [0.1, 0.15) is 5.75 Å². The molecule has 2 heterocycles. The van der Waals surface area contributed by atoms with Gasteiger partial charge in [-0.25, -0.2) is 0 Å². The first-order valence-electron chi connectivity index (χ1n) is 8.23. The minimum atomic E-state index is -5.75. The molecule has 0 spiro atoms. The van der Waals surface area contributed by atoms with Crippen LogP contribution in [0.4, 0.5) is 22.0 Å². The van der Waals surface area contributed by atoms with Gasteiger partial charge < -0.3 is 9.84 Å². The van der Waals surface area contributed by atoms with E-state index in [4.69, 9.17) is 16.3 Å². The van der Waals surface area contributed by atoms with Gasteiger partial charge in [-0.1, -0.05) is 11.6 Å². The number of aromatic nitrogens is 1. The van der Waals surface area contributed by atoms with Crippen molar-refractivity contribution in [1.29, 1.82) is 0 Å². The summed E-state index contributed by atoms with van der Waals surface area (Å²) < 4.78 is 69.7. The van der Waals surface area contributed by atoms with Gasteiger partial charge in [-0.15, -0.1) is 11.3 Å². The molecule has 0 saturated heterocycles. The molecule has 0 aliphatic heterocycles. The van der Waals surface area contributed by atoms with Crippen molar-refractivity contribution in [3.05, 3.63) is 39.9 Å². The molecule has 0 radical (unpaired) electrons. The maximum atomic E-state index is 13.3. The van der Waals surface area contributed by atoms with Gasteiger partial charge in [-0.3, -0.25) is 14.2 Å². The molecule has 0 fully saturated rings. The molecule has 31 heavy (non-hydrogen) atoms. The number of carbonyl (C=O) groups excluding carboxylic acids is 2. The van der Waals surface area contributed by atoms with E-state index in [0.717, 1.165) is 23.6 Å². The Bertz CT molecular complexity index is 1200. The molecule has 0 amide bonds. The summed E-state index contributed by atoms with van der Waals surface area (Å²) in [6.45, 7) is 2.56. The molecule has 0 bridgehead atoms. The summed E-state index contributed by atoms with van der Waals surface area (Å²) in [5.74, 6) is -1.84. The third kappa shape index (κ3) is 4.37. The number of hydrogen-bond acceptors (Lipinski definition) is 6. The minimum absolute atomic E-state index is 0.0300. The Balaban J connectivity index is 2.08. The highest BCUT2D eigenvalue weighted by molar-refractivity contribution is 8.02. The molecule has 0 atom stereocenters. The number of carbonyl (C=O) groups is 2. The number of alkyl halides is 5. The molecular formula is C18H11ClF5NO4S2. The molecule has 0 unspecified atom stereocenters. The number of thioether (sulfide) groups is 1. The molecule has 13 heteroatoms. The highest BCUT2D eigenvalue weighted by Gasteiger charge is 2.58. The van der Waals surface area contributed by atoms with Crippen LogP contribution < -0.4 is 4.74 Å². The van der Waals surface area contributed by atoms with Crippen molar-refractivity contribution in [3.8, 4) is 11.5 Å². The minimum Gasteiger partial charge on any atom is -0.506 e. The fraction of sp³-hybridized carbons (Fsp3) is 0.222. The summed E-state index contributed by atoms with van der Waals surface area (Å²) in [6, 6.07) is 4.52. The van der Waals surface area contributed by atoms with Gasteiger partial charge in [-0.2, -0.15) is 22.0 Å².